The molecule has 3 aliphatic heterocycles. The van der Waals surface area contributed by atoms with Crippen LogP contribution in [0.4, 0.5) is 0 Å². The molecule has 152 valence electrons. The van der Waals surface area contributed by atoms with E-state index >= 15 is 0 Å². The van der Waals surface area contributed by atoms with E-state index < -0.39 is 20.9 Å². The average molecular weight is 409 g/mol. The Morgan fingerprint density at radius 3 is 2.68 bits per heavy atom. The highest BCUT2D eigenvalue weighted by Gasteiger charge is 2.65. The number of amides is 2. The molecule has 0 radical (unpaired) electrons. The van der Waals surface area contributed by atoms with Crippen molar-refractivity contribution in [2.45, 2.75) is 30.3 Å². The smallest absolute Gasteiger partial charge is 0.274 e. The molecule has 0 N–H and O–H groups in total. The lowest BCUT2D eigenvalue weighted by Crippen LogP contribution is -2.56. The van der Waals surface area contributed by atoms with E-state index in [4.69, 9.17) is 4.74 Å². The lowest BCUT2D eigenvalue weighted by atomic mass is 9.99. The number of likely N-dealkylation sites (N-methyl/N-ethyl adjacent to an activating group) is 1. The Bertz CT molecular complexity index is 918. The summed E-state index contributed by atoms with van der Waals surface area (Å²) in [6.45, 7) is 2.10. The van der Waals surface area contributed by atoms with Crippen LogP contribution >= 0.6 is 0 Å². The Morgan fingerprint density at radius 1 is 1.29 bits per heavy atom. The molecule has 2 amide bonds. The molecule has 4 heterocycles. The highest BCUT2D eigenvalue weighted by molar-refractivity contribution is 7.90. The van der Waals surface area contributed by atoms with Crippen molar-refractivity contribution in [2.75, 3.05) is 40.3 Å². The van der Waals surface area contributed by atoms with Gasteiger partial charge in [0.15, 0.2) is 0 Å². The van der Waals surface area contributed by atoms with Crippen LogP contribution in [0, 0.1) is 6.92 Å². The number of sulfonamides is 1. The number of carbonyl (C=O) groups excluding carboxylic acids is 2. The van der Waals surface area contributed by atoms with Gasteiger partial charge in [-0.15, -0.1) is 0 Å². The van der Waals surface area contributed by atoms with Gasteiger partial charge in [-0.05, 0) is 13.3 Å². The lowest BCUT2D eigenvalue weighted by molar-refractivity contribution is -0.130. The Balaban J connectivity index is 1.58. The second kappa shape index (κ2) is 6.46. The minimum Gasteiger partial charge on any atom is -0.365 e. The highest BCUT2D eigenvalue weighted by Crippen LogP contribution is 2.46. The van der Waals surface area contributed by atoms with Crippen LogP contribution in [0.25, 0.3) is 0 Å². The highest BCUT2D eigenvalue weighted by atomic mass is 32.2. The van der Waals surface area contributed by atoms with Crippen LogP contribution in [0.2, 0.25) is 0 Å². The number of rotatable bonds is 3. The molecule has 4 rings (SSSR count). The molecular formula is C17H23N5O5S. The van der Waals surface area contributed by atoms with E-state index in [2.05, 4.69) is 9.97 Å². The van der Waals surface area contributed by atoms with Gasteiger partial charge in [-0.2, -0.15) is 4.31 Å². The molecule has 10 nitrogen and oxygen atoms in total. The topological polar surface area (TPSA) is 113 Å². The summed E-state index contributed by atoms with van der Waals surface area (Å²) in [5.74, 6) is -0.587. The molecule has 0 saturated carbocycles. The zero-order chi connectivity index (χ0) is 20.3. The maximum atomic E-state index is 13.0. The Kier molecular flexibility index (Phi) is 4.43. The van der Waals surface area contributed by atoms with Gasteiger partial charge in [-0.1, -0.05) is 0 Å². The number of nitrogens with zero attached hydrogens (tertiary/aromatic N) is 5. The Morgan fingerprint density at radius 2 is 2.04 bits per heavy atom. The largest absolute Gasteiger partial charge is 0.365 e. The molecule has 3 atom stereocenters. The van der Waals surface area contributed by atoms with E-state index in [-0.39, 0.29) is 43.2 Å². The number of morpholine rings is 1. The summed E-state index contributed by atoms with van der Waals surface area (Å²) in [5, 5.41) is -0.748. The van der Waals surface area contributed by atoms with Crippen molar-refractivity contribution in [2.24, 2.45) is 0 Å². The zero-order valence-corrected chi connectivity index (χ0v) is 16.8. The molecule has 0 aliphatic carbocycles. The van der Waals surface area contributed by atoms with Gasteiger partial charge in [-0.3, -0.25) is 14.6 Å². The fraction of sp³-hybridized carbons (Fsp3) is 0.647. The fourth-order valence-electron chi connectivity index (χ4n) is 4.20. The maximum Gasteiger partial charge on any atom is 0.274 e. The van der Waals surface area contributed by atoms with Crippen LogP contribution in [-0.4, -0.2) is 102 Å². The second-order valence-corrected chi connectivity index (χ2v) is 9.97. The van der Waals surface area contributed by atoms with E-state index in [0.29, 0.717) is 18.7 Å². The molecule has 3 saturated heterocycles. The van der Waals surface area contributed by atoms with Gasteiger partial charge >= 0.3 is 0 Å². The minimum atomic E-state index is -3.68. The van der Waals surface area contributed by atoms with Crippen molar-refractivity contribution in [3.05, 3.63) is 23.8 Å². The summed E-state index contributed by atoms with van der Waals surface area (Å²) in [6.07, 6.45) is 2.93. The van der Waals surface area contributed by atoms with Crippen LogP contribution in [0.1, 0.15) is 22.6 Å². The summed E-state index contributed by atoms with van der Waals surface area (Å²) >= 11 is 0. The molecule has 1 aromatic rings. The third kappa shape index (κ3) is 2.97. The van der Waals surface area contributed by atoms with Crippen molar-refractivity contribution in [1.82, 2.24) is 24.1 Å². The summed E-state index contributed by atoms with van der Waals surface area (Å²) in [7, 11) is -0.514. The number of hydrogen-bond donors (Lipinski definition) is 0. The Labute approximate surface area is 163 Å². The van der Waals surface area contributed by atoms with Crippen LogP contribution in [0.3, 0.4) is 0 Å². The molecular weight excluding hydrogens is 386 g/mol. The van der Waals surface area contributed by atoms with Crippen molar-refractivity contribution < 1.29 is 22.7 Å². The number of aryl methyl sites for hydroxylation is 1. The first-order chi connectivity index (χ1) is 13.1. The van der Waals surface area contributed by atoms with Gasteiger partial charge in [-0.25, -0.2) is 13.4 Å². The SMILES string of the molecule is Cc1cnc(C(=O)N2C[C@H]3C[C@H]4[C@](C2)(CN(CC(=O)N(C)C)S4(=O)=O)O3)cn1. The van der Waals surface area contributed by atoms with Crippen molar-refractivity contribution >= 4 is 21.8 Å². The van der Waals surface area contributed by atoms with Gasteiger partial charge in [0.1, 0.15) is 16.5 Å². The van der Waals surface area contributed by atoms with E-state index in [1.165, 1.54) is 21.6 Å². The quantitative estimate of drug-likeness (QED) is 0.621. The molecule has 3 fully saturated rings. The predicted molar refractivity (Wildman–Crippen MR) is 97.9 cm³/mol. The van der Waals surface area contributed by atoms with Crippen LogP contribution in [0.15, 0.2) is 12.4 Å². The monoisotopic (exact) mass is 409 g/mol. The molecule has 1 aromatic heterocycles. The van der Waals surface area contributed by atoms with E-state index in [1.54, 1.807) is 25.9 Å². The first-order valence-electron chi connectivity index (χ1n) is 9.07. The number of fused-ring (bicyclic) bond motifs is 1. The molecule has 1 spiro atoms. The number of carbonyl (C=O) groups is 2. The van der Waals surface area contributed by atoms with Gasteiger partial charge in [0.25, 0.3) is 5.91 Å². The van der Waals surface area contributed by atoms with Gasteiger partial charge in [0, 0.05) is 33.4 Å². The molecule has 0 unspecified atom stereocenters. The third-order valence-electron chi connectivity index (χ3n) is 5.61. The third-order valence-corrected chi connectivity index (χ3v) is 7.93. The summed E-state index contributed by atoms with van der Waals surface area (Å²) in [6, 6.07) is 0. The molecule has 2 bridgehead atoms. The van der Waals surface area contributed by atoms with Crippen LogP contribution in [-0.2, 0) is 19.6 Å². The second-order valence-electron chi connectivity index (χ2n) is 7.86. The fourth-order valence-corrected chi connectivity index (χ4v) is 6.46. The van der Waals surface area contributed by atoms with Gasteiger partial charge in [0.2, 0.25) is 15.9 Å². The van der Waals surface area contributed by atoms with Gasteiger partial charge < -0.3 is 14.5 Å². The van der Waals surface area contributed by atoms with Crippen LogP contribution in [0.5, 0.6) is 0 Å². The number of ether oxygens (including phenoxy) is 1. The maximum absolute atomic E-state index is 13.0. The molecule has 0 aromatic carbocycles. The summed E-state index contributed by atoms with van der Waals surface area (Å²) < 4.78 is 33.3. The Hall–Kier alpha value is -2.11. The lowest BCUT2D eigenvalue weighted by Gasteiger charge is -2.39. The standard InChI is InChI=1S/C17H23N5O5S/c1-11-5-19-13(6-18-11)16(24)21-7-12-4-14-17(9-21,27-12)10-22(28(14,25)26)8-15(23)20(2)3/h5-6,12,14H,4,7-10H2,1-3H3/t12-,14+,17+/m1/s1. The number of likely N-dealkylation sites (tertiary alicyclic amines) is 1. The predicted octanol–water partition coefficient (Wildman–Crippen LogP) is -1.13. The zero-order valence-electron chi connectivity index (χ0n) is 16.0. The first-order valence-corrected chi connectivity index (χ1v) is 10.6. The van der Waals surface area contributed by atoms with Crippen molar-refractivity contribution in [3.8, 4) is 0 Å². The van der Waals surface area contributed by atoms with Crippen molar-refractivity contribution in [3.63, 3.8) is 0 Å². The summed E-state index contributed by atoms with van der Waals surface area (Å²) in [4.78, 5) is 36.1. The minimum absolute atomic E-state index is 0.0689. The van der Waals surface area contributed by atoms with Crippen LogP contribution < -0.4 is 0 Å². The summed E-state index contributed by atoms with van der Waals surface area (Å²) in [5.41, 5.74) is -0.0806. The van der Waals surface area contributed by atoms with E-state index in [9.17, 15) is 18.0 Å². The van der Waals surface area contributed by atoms with Crippen molar-refractivity contribution in [1.29, 1.82) is 0 Å². The molecule has 11 heteroatoms. The molecule has 28 heavy (non-hydrogen) atoms. The van der Waals surface area contributed by atoms with Gasteiger partial charge in [0.05, 0.1) is 31.1 Å². The number of hydrogen-bond acceptors (Lipinski definition) is 7. The van der Waals surface area contributed by atoms with E-state index in [1.807, 2.05) is 0 Å². The normalized spacial score (nSPS) is 30.9. The van der Waals surface area contributed by atoms with E-state index in [0.717, 1.165) is 0 Å². The number of aromatic nitrogens is 2. The average Bonchev–Trinajstić information content (AvgIpc) is 3.00. The first kappa shape index (κ1) is 19.2. The molecule has 3 aliphatic rings.